The minimum Gasteiger partial charge on any atom is -0.497 e. The molecule has 1 aliphatic rings. The van der Waals surface area contributed by atoms with Gasteiger partial charge in [0, 0.05) is 11.6 Å². The molecule has 0 saturated heterocycles. The number of carbonyl (C=O) groups is 3. The standard InChI is InChI=1S/C24H20N2O5/c1-3-31-21-10-5-4-9-20(21)25-22(27)15-11-12-18-19(13-15)24(29)26(23(18)28)16-7-6-8-17(14-16)30-2/h4-14H,3H2,1-2H3,(H,25,27). The van der Waals surface area contributed by atoms with E-state index in [1.807, 2.05) is 13.0 Å². The van der Waals surface area contributed by atoms with E-state index in [0.717, 1.165) is 4.90 Å². The molecule has 0 saturated carbocycles. The van der Waals surface area contributed by atoms with Crippen LogP contribution in [0.3, 0.4) is 0 Å². The van der Waals surface area contributed by atoms with Crippen molar-refractivity contribution < 1.29 is 23.9 Å². The number of carbonyl (C=O) groups excluding carboxylic acids is 3. The van der Waals surface area contributed by atoms with Gasteiger partial charge in [-0.25, -0.2) is 4.90 Å². The number of nitrogens with one attached hydrogen (secondary N) is 1. The summed E-state index contributed by atoms with van der Waals surface area (Å²) in [5.41, 5.74) is 1.62. The van der Waals surface area contributed by atoms with E-state index < -0.39 is 17.7 Å². The Hall–Kier alpha value is -4.13. The molecule has 0 atom stereocenters. The topological polar surface area (TPSA) is 84.9 Å². The zero-order valence-corrected chi connectivity index (χ0v) is 17.0. The summed E-state index contributed by atoms with van der Waals surface area (Å²) >= 11 is 0. The summed E-state index contributed by atoms with van der Waals surface area (Å²) in [5, 5.41) is 2.80. The van der Waals surface area contributed by atoms with Crippen molar-refractivity contribution in [1.82, 2.24) is 0 Å². The molecule has 0 aromatic heterocycles. The largest absolute Gasteiger partial charge is 0.497 e. The van der Waals surface area contributed by atoms with Gasteiger partial charge in [0.25, 0.3) is 17.7 Å². The van der Waals surface area contributed by atoms with Gasteiger partial charge < -0.3 is 14.8 Å². The van der Waals surface area contributed by atoms with Crippen molar-refractivity contribution in [3.8, 4) is 11.5 Å². The Labute approximate surface area is 179 Å². The Morgan fingerprint density at radius 3 is 2.48 bits per heavy atom. The third-order valence-corrected chi connectivity index (χ3v) is 4.90. The molecule has 3 amide bonds. The fraction of sp³-hybridized carbons (Fsp3) is 0.125. The van der Waals surface area contributed by atoms with Crippen LogP contribution in [0.4, 0.5) is 11.4 Å². The molecular weight excluding hydrogens is 396 g/mol. The van der Waals surface area contributed by atoms with Crippen LogP contribution < -0.4 is 19.7 Å². The van der Waals surface area contributed by atoms with Crippen molar-refractivity contribution in [2.75, 3.05) is 23.9 Å². The van der Waals surface area contributed by atoms with Gasteiger partial charge in [0.2, 0.25) is 0 Å². The maximum atomic E-state index is 13.0. The molecule has 1 N–H and O–H groups in total. The fourth-order valence-corrected chi connectivity index (χ4v) is 3.41. The highest BCUT2D eigenvalue weighted by Crippen LogP contribution is 2.31. The molecule has 0 spiro atoms. The molecule has 7 nitrogen and oxygen atoms in total. The summed E-state index contributed by atoms with van der Waals surface area (Å²) in [6.07, 6.45) is 0. The van der Waals surface area contributed by atoms with Crippen LogP contribution in [-0.4, -0.2) is 31.4 Å². The molecule has 31 heavy (non-hydrogen) atoms. The zero-order chi connectivity index (χ0) is 22.0. The van der Waals surface area contributed by atoms with Crippen LogP contribution in [0.1, 0.15) is 38.0 Å². The predicted octanol–water partition coefficient (Wildman–Crippen LogP) is 4.15. The first kappa shape index (κ1) is 20.2. The zero-order valence-electron chi connectivity index (χ0n) is 17.0. The molecule has 3 aromatic rings. The van der Waals surface area contributed by atoms with E-state index in [2.05, 4.69) is 5.32 Å². The van der Waals surface area contributed by atoms with Crippen LogP contribution in [0.15, 0.2) is 66.7 Å². The number of anilines is 2. The van der Waals surface area contributed by atoms with Gasteiger partial charge in [-0.3, -0.25) is 14.4 Å². The van der Waals surface area contributed by atoms with Gasteiger partial charge in [-0.1, -0.05) is 18.2 Å². The minimum absolute atomic E-state index is 0.179. The van der Waals surface area contributed by atoms with Crippen LogP contribution in [0.2, 0.25) is 0 Å². The van der Waals surface area contributed by atoms with Crippen LogP contribution >= 0.6 is 0 Å². The second kappa shape index (κ2) is 8.31. The van der Waals surface area contributed by atoms with Crippen molar-refractivity contribution in [2.24, 2.45) is 0 Å². The molecule has 0 aliphatic carbocycles. The van der Waals surface area contributed by atoms with E-state index in [4.69, 9.17) is 9.47 Å². The summed E-state index contributed by atoms with van der Waals surface area (Å²) in [6, 6.07) is 18.2. The molecule has 3 aromatic carbocycles. The van der Waals surface area contributed by atoms with E-state index >= 15 is 0 Å². The summed E-state index contributed by atoms with van der Waals surface area (Å²) in [4.78, 5) is 39.7. The number of imide groups is 1. The Morgan fingerprint density at radius 2 is 1.71 bits per heavy atom. The SMILES string of the molecule is CCOc1ccccc1NC(=O)c1ccc2c(c1)C(=O)N(c1cccc(OC)c1)C2=O. The average molecular weight is 416 g/mol. The molecule has 0 fully saturated rings. The Kier molecular flexibility index (Phi) is 5.41. The normalized spacial score (nSPS) is 12.5. The van der Waals surface area contributed by atoms with Gasteiger partial charge >= 0.3 is 0 Å². The Morgan fingerprint density at radius 1 is 0.935 bits per heavy atom. The van der Waals surface area contributed by atoms with Crippen LogP contribution in [-0.2, 0) is 0 Å². The van der Waals surface area contributed by atoms with Crippen molar-refractivity contribution in [1.29, 1.82) is 0 Å². The van der Waals surface area contributed by atoms with Crippen LogP contribution in [0, 0.1) is 0 Å². The summed E-state index contributed by atoms with van der Waals surface area (Å²) < 4.78 is 10.7. The van der Waals surface area contributed by atoms with Crippen molar-refractivity contribution in [3.63, 3.8) is 0 Å². The number of ether oxygens (including phenoxy) is 2. The number of hydrogen-bond donors (Lipinski definition) is 1. The highest BCUT2D eigenvalue weighted by atomic mass is 16.5. The third-order valence-electron chi connectivity index (χ3n) is 4.90. The molecular formula is C24H20N2O5. The monoisotopic (exact) mass is 416 g/mol. The molecule has 0 unspecified atom stereocenters. The maximum Gasteiger partial charge on any atom is 0.266 e. The van der Waals surface area contributed by atoms with Gasteiger partial charge in [-0.05, 0) is 49.4 Å². The molecule has 1 heterocycles. The van der Waals surface area contributed by atoms with E-state index in [9.17, 15) is 14.4 Å². The van der Waals surface area contributed by atoms with Crippen LogP contribution in [0.25, 0.3) is 0 Å². The predicted molar refractivity (Wildman–Crippen MR) is 116 cm³/mol. The lowest BCUT2D eigenvalue weighted by molar-refractivity contribution is 0.0925. The first-order valence-corrected chi connectivity index (χ1v) is 9.73. The molecule has 7 heteroatoms. The average Bonchev–Trinajstić information content (AvgIpc) is 3.04. The van der Waals surface area contributed by atoms with Crippen LogP contribution in [0.5, 0.6) is 11.5 Å². The van der Waals surface area contributed by atoms with Gasteiger partial charge in [0.15, 0.2) is 0 Å². The maximum absolute atomic E-state index is 13.0. The number of methoxy groups -OCH3 is 1. The summed E-state index contributed by atoms with van der Waals surface area (Å²) in [5.74, 6) is -0.258. The summed E-state index contributed by atoms with van der Waals surface area (Å²) in [6.45, 7) is 2.32. The molecule has 0 radical (unpaired) electrons. The first-order chi connectivity index (χ1) is 15.0. The highest BCUT2D eigenvalue weighted by molar-refractivity contribution is 6.34. The Balaban J connectivity index is 1.62. The van der Waals surface area contributed by atoms with Crippen molar-refractivity contribution in [3.05, 3.63) is 83.4 Å². The second-order valence-corrected chi connectivity index (χ2v) is 6.79. The van der Waals surface area contributed by atoms with Gasteiger partial charge in [-0.15, -0.1) is 0 Å². The smallest absolute Gasteiger partial charge is 0.266 e. The van der Waals surface area contributed by atoms with E-state index in [1.165, 1.54) is 25.3 Å². The highest BCUT2D eigenvalue weighted by Gasteiger charge is 2.37. The quantitative estimate of drug-likeness (QED) is 0.611. The lowest BCUT2D eigenvalue weighted by Crippen LogP contribution is -2.29. The Bertz CT molecular complexity index is 1190. The van der Waals surface area contributed by atoms with E-state index in [-0.39, 0.29) is 16.7 Å². The van der Waals surface area contributed by atoms with Crippen molar-refractivity contribution in [2.45, 2.75) is 6.92 Å². The molecule has 0 bridgehead atoms. The van der Waals surface area contributed by atoms with Gasteiger partial charge in [0.05, 0.1) is 36.2 Å². The van der Waals surface area contributed by atoms with E-state index in [0.29, 0.717) is 29.5 Å². The number of nitrogens with zero attached hydrogens (tertiary/aromatic N) is 1. The minimum atomic E-state index is -0.488. The number of rotatable bonds is 6. The van der Waals surface area contributed by atoms with Crippen molar-refractivity contribution >= 4 is 29.1 Å². The first-order valence-electron chi connectivity index (χ1n) is 9.73. The number of hydrogen-bond acceptors (Lipinski definition) is 5. The summed E-state index contributed by atoms with van der Waals surface area (Å²) in [7, 11) is 1.51. The number of para-hydroxylation sites is 2. The lowest BCUT2D eigenvalue weighted by Gasteiger charge is -2.14. The van der Waals surface area contributed by atoms with Gasteiger partial charge in [-0.2, -0.15) is 0 Å². The fourth-order valence-electron chi connectivity index (χ4n) is 3.41. The molecule has 156 valence electrons. The van der Waals surface area contributed by atoms with E-state index in [1.54, 1.807) is 42.5 Å². The third kappa shape index (κ3) is 3.73. The molecule has 4 rings (SSSR count). The second-order valence-electron chi connectivity index (χ2n) is 6.79. The molecule has 1 aliphatic heterocycles. The number of benzene rings is 3. The lowest BCUT2D eigenvalue weighted by atomic mass is 10.1. The number of fused-ring (bicyclic) bond motifs is 1. The number of amides is 3. The van der Waals surface area contributed by atoms with Gasteiger partial charge in [0.1, 0.15) is 11.5 Å².